The molecule has 0 bridgehead atoms. The van der Waals surface area contributed by atoms with Gasteiger partial charge >= 0.3 is 0 Å². The van der Waals surface area contributed by atoms with Crippen LogP contribution in [-0.4, -0.2) is 21.0 Å². The first-order chi connectivity index (χ1) is 17.2. The smallest absolute Gasteiger partial charge is 0.230 e. The summed E-state index contributed by atoms with van der Waals surface area (Å²) in [5.41, 5.74) is 0.691. The quantitative estimate of drug-likeness (QED) is 0.198. The van der Waals surface area contributed by atoms with E-state index in [1.165, 1.54) is 18.3 Å². The van der Waals surface area contributed by atoms with Crippen LogP contribution in [0.25, 0.3) is 23.4 Å². The van der Waals surface area contributed by atoms with Crippen molar-refractivity contribution < 1.29 is 31.9 Å². The van der Waals surface area contributed by atoms with Crippen LogP contribution in [0.1, 0.15) is 16.8 Å². The lowest BCUT2D eigenvalue weighted by Crippen LogP contribution is -2.20. The number of carbonyl (C=O) groups excluding carboxylic acids is 1. The maximum Gasteiger partial charge on any atom is 0.230 e. The molecule has 0 atom stereocenters. The molecule has 5 nitrogen and oxygen atoms in total. The number of carbonyl (C=O) groups is 1. The SMILES string of the molecule is O=C(Cc1c(F)c(F)c(F)c(F)c1F)Nc1ncc(-c2ccc(O)cc2)nc1C=Cc1ccccc1. The van der Waals surface area contributed by atoms with Crippen molar-refractivity contribution in [3.8, 4) is 17.0 Å². The van der Waals surface area contributed by atoms with Gasteiger partial charge in [-0.3, -0.25) is 4.79 Å². The lowest BCUT2D eigenvalue weighted by atomic mass is 10.1. The van der Waals surface area contributed by atoms with E-state index in [1.54, 1.807) is 24.3 Å². The Kier molecular flexibility index (Phi) is 7.05. The Balaban J connectivity index is 1.67. The molecular formula is C26H16F5N3O2. The number of nitrogens with one attached hydrogen (secondary N) is 1. The lowest BCUT2D eigenvalue weighted by molar-refractivity contribution is -0.115. The van der Waals surface area contributed by atoms with E-state index in [4.69, 9.17) is 0 Å². The second-order valence-electron chi connectivity index (χ2n) is 7.55. The zero-order valence-corrected chi connectivity index (χ0v) is 18.3. The van der Waals surface area contributed by atoms with Crippen molar-refractivity contribution in [1.82, 2.24) is 9.97 Å². The maximum absolute atomic E-state index is 14.0. The third kappa shape index (κ3) is 5.22. The van der Waals surface area contributed by atoms with Crippen molar-refractivity contribution in [3.05, 3.63) is 107 Å². The van der Waals surface area contributed by atoms with Gasteiger partial charge in [0.25, 0.3) is 0 Å². The molecule has 1 amide bonds. The molecule has 0 aliphatic rings. The van der Waals surface area contributed by atoms with Gasteiger partial charge < -0.3 is 10.4 Å². The van der Waals surface area contributed by atoms with E-state index in [9.17, 15) is 31.9 Å². The number of amides is 1. The summed E-state index contributed by atoms with van der Waals surface area (Å²) in [7, 11) is 0. The first-order valence-electron chi connectivity index (χ1n) is 10.4. The van der Waals surface area contributed by atoms with Gasteiger partial charge in [-0.05, 0) is 35.9 Å². The fourth-order valence-electron chi connectivity index (χ4n) is 3.27. The topological polar surface area (TPSA) is 75.1 Å². The van der Waals surface area contributed by atoms with Gasteiger partial charge in [0.05, 0.1) is 18.3 Å². The average Bonchev–Trinajstić information content (AvgIpc) is 2.89. The summed E-state index contributed by atoms with van der Waals surface area (Å²) < 4.78 is 68.3. The van der Waals surface area contributed by atoms with Gasteiger partial charge in [-0.15, -0.1) is 0 Å². The monoisotopic (exact) mass is 497 g/mol. The number of hydrogen-bond donors (Lipinski definition) is 2. The highest BCUT2D eigenvalue weighted by Gasteiger charge is 2.27. The summed E-state index contributed by atoms with van der Waals surface area (Å²) in [6, 6.07) is 15.2. The molecular weight excluding hydrogens is 481 g/mol. The number of halogens is 5. The van der Waals surface area contributed by atoms with Gasteiger partial charge in [-0.1, -0.05) is 36.4 Å². The molecule has 4 rings (SSSR count). The van der Waals surface area contributed by atoms with Crippen LogP contribution in [-0.2, 0) is 11.2 Å². The molecule has 0 fully saturated rings. The molecule has 0 aliphatic carbocycles. The van der Waals surface area contributed by atoms with Crippen LogP contribution in [0, 0.1) is 29.1 Å². The summed E-state index contributed by atoms with van der Waals surface area (Å²) in [5.74, 6) is -11.9. The van der Waals surface area contributed by atoms with Gasteiger partial charge in [0, 0.05) is 11.1 Å². The molecule has 36 heavy (non-hydrogen) atoms. The third-order valence-electron chi connectivity index (χ3n) is 5.09. The standard InChI is InChI=1S/C26H16F5N3O2/c27-21-17(22(28)24(30)25(31)23(21)29)12-20(36)34-26-18(11-6-14-4-2-1-3-5-14)33-19(13-32-26)15-7-9-16(35)10-8-15/h1-11,13,35H,12H2,(H,32,34,36). The second kappa shape index (κ2) is 10.3. The van der Waals surface area contributed by atoms with Crippen LogP contribution >= 0.6 is 0 Å². The zero-order valence-electron chi connectivity index (χ0n) is 18.3. The number of benzene rings is 3. The van der Waals surface area contributed by atoms with Crippen molar-refractivity contribution in [2.75, 3.05) is 5.32 Å². The molecule has 0 spiro atoms. The van der Waals surface area contributed by atoms with Crippen molar-refractivity contribution in [3.63, 3.8) is 0 Å². The Morgan fingerprint density at radius 1 is 0.833 bits per heavy atom. The highest BCUT2D eigenvalue weighted by molar-refractivity contribution is 5.93. The summed E-state index contributed by atoms with van der Waals surface area (Å²) >= 11 is 0. The van der Waals surface area contributed by atoms with Crippen LogP contribution in [0.3, 0.4) is 0 Å². The minimum Gasteiger partial charge on any atom is -0.508 e. The number of rotatable bonds is 6. The molecule has 1 aromatic heterocycles. The molecule has 0 saturated carbocycles. The molecule has 0 saturated heterocycles. The van der Waals surface area contributed by atoms with Crippen LogP contribution in [0.15, 0.2) is 60.8 Å². The molecule has 0 unspecified atom stereocenters. The molecule has 1 heterocycles. The fourth-order valence-corrected chi connectivity index (χ4v) is 3.27. The second-order valence-corrected chi connectivity index (χ2v) is 7.55. The van der Waals surface area contributed by atoms with Crippen molar-refractivity contribution >= 4 is 23.9 Å². The Hall–Kier alpha value is -4.60. The first kappa shape index (κ1) is 24.5. The van der Waals surface area contributed by atoms with Crippen LogP contribution in [0.2, 0.25) is 0 Å². The van der Waals surface area contributed by atoms with E-state index < -0.39 is 47.0 Å². The van der Waals surface area contributed by atoms with Crippen molar-refractivity contribution in [1.29, 1.82) is 0 Å². The van der Waals surface area contributed by atoms with E-state index in [-0.39, 0.29) is 17.3 Å². The number of nitrogens with zero attached hydrogens (tertiary/aromatic N) is 2. The zero-order chi connectivity index (χ0) is 25.8. The molecule has 0 radical (unpaired) electrons. The number of anilines is 1. The number of phenolic OH excluding ortho intramolecular Hbond substituents is 1. The Morgan fingerprint density at radius 3 is 2.08 bits per heavy atom. The molecule has 3 aromatic carbocycles. The fraction of sp³-hybridized carbons (Fsp3) is 0.0385. The molecule has 4 aromatic rings. The van der Waals surface area contributed by atoms with E-state index in [1.807, 2.05) is 30.3 Å². The Labute approximate surface area is 201 Å². The Morgan fingerprint density at radius 2 is 1.44 bits per heavy atom. The van der Waals surface area contributed by atoms with Crippen LogP contribution in [0.4, 0.5) is 27.8 Å². The molecule has 182 valence electrons. The summed E-state index contributed by atoms with van der Waals surface area (Å²) in [6.45, 7) is 0. The van der Waals surface area contributed by atoms with Gasteiger partial charge in [-0.25, -0.2) is 31.9 Å². The highest BCUT2D eigenvalue weighted by Crippen LogP contribution is 2.25. The minimum atomic E-state index is -2.31. The number of phenols is 1. The van der Waals surface area contributed by atoms with Crippen molar-refractivity contribution in [2.45, 2.75) is 6.42 Å². The average molecular weight is 497 g/mol. The van der Waals surface area contributed by atoms with E-state index in [2.05, 4.69) is 15.3 Å². The minimum absolute atomic E-state index is 0.0490. The van der Waals surface area contributed by atoms with E-state index >= 15 is 0 Å². The van der Waals surface area contributed by atoms with Gasteiger partial charge in [0.2, 0.25) is 11.7 Å². The van der Waals surface area contributed by atoms with E-state index in [0.717, 1.165) is 5.56 Å². The van der Waals surface area contributed by atoms with Crippen molar-refractivity contribution in [2.24, 2.45) is 0 Å². The van der Waals surface area contributed by atoms with Gasteiger partial charge in [0.15, 0.2) is 29.1 Å². The number of aromatic nitrogens is 2. The molecule has 10 heteroatoms. The van der Waals surface area contributed by atoms with Crippen LogP contribution < -0.4 is 5.32 Å². The van der Waals surface area contributed by atoms with Crippen LogP contribution in [0.5, 0.6) is 5.75 Å². The predicted octanol–water partition coefficient (Wildman–Crippen LogP) is 5.90. The summed E-state index contributed by atoms with van der Waals surface area (Å²) in [5, 5.41) is 11.8. The highest BCUT2D eigenvalue weighted by atomic mass is 19.2. The Bertz CT molecular complexity index is 1430. The maximum atomic E-state index is 14.0. The number of aromatic hydroxyl groups is 1. The van der Waals surface area contributed by atoms with Gasteiger partial charge in [-0.2, -0.15) is 0 Å². The number of hydrogen-bond acceptors (Lipinski definition) is 4. The summed E-state index contributed by atoms with van der Waals surface area (Å²) in [6.07, 6.45) is 3.42. The predicted molar refractivity (Wildman–Crippen MR) is 123 cm³/mol. The molecule has 2 N–H and O–H groups in total. The third-order valence-corrected chi connectivity index (χ3v) is 5.09. The lowest BCUT2D eigenvalue weighted by Gasteiger charge is -2.11. The normalized spacial score (nSPS) is 11.1. The molecule has 0 aliphatic heterocycles. The first-order valence-corrected chi connectivity index (χ1v) is 10.4. The largest absolute Gasteiger partial charge is 0.508 e. The summed E-state index contributed by atoms with van der Waals surface area (Å²) in [4.78, 5) is 21.1. The van der Waals surface area contributed by atoms with E-state index in [0.29, 0.717) is 11.3 Å². The van der Waals surface area contributed by atoms with Gasteiger partial charge in [0.1, 0.15) is 11.4 Å².